The Balaban J connectivity index is 0.000000275. The molecule has 0 aliphatic carbocycles. The number of carbonyl (C=O) groups excluding carboxylic acids is 1. The normalized spacial score (nSPS) is 12.6. The van der Waals surface area contributed by atoms with Crippen LogP contribution in [0.1, 0.15) is 24.8 Å². The molecule has 1 aromatic heterocycles. The Morgan fingerprint density at radius 1 is 0.972 bits per heavy atom. The first-order valence-electron chi connectivity index (χ1n) is 11.6. The minimum Gasteiger partial charge on any atom is -0.493 e. The largest absolute Gasteiger partial charge is 0.493 e. The van der Waals surface area contributed by atoms with Crippen molar-refractivity contribution in [2.45, 2.75) is 25.8 Å². The molecule has 0 spiro atoms. The van der Waals surface area contributed by atoms with Gasteiger partial charge in [-0.1, -0.05) is 12.1 Å². The number of carbonyl (C=O) groups is 1. The van der Waals surface area contributed by atoms with E-state index in [0.29, 0.717) is 36.2 Å². The van der Waals surface area contributed by atoms with Gasteiger partial charge in [-0.25, -0.2) is 9.37 Å². The van der Waals surface area contributed by atoms with E-state index in [1.54, 1.807) is 39.7 Å². The summed E-state index contributed by atoms with van der Waals surface area (Å²) in [4.78, 5) is 21.1. The van der Waals surface area contributed by atoms with Gasteiger partial charge in [-0.2, -0.15) is 4.98 Å². The minimum absolute atomic E-state index is 0.264. The lowest BCUT2D eigenvalue weighted by Crippen LogP contribution is -2.30. The lowest BCUT2D eigenvalue weighted by atomic mass is 10.1. The van der Waals surface area contributed by atoms with Gasteiger partial charge in [-0.05, 0) is 43.0 Å². The molecule has 3 aromatic rings. The number of benzene rings is 2. The summed E-state index contributed by atoms with van der Waals surface area (Å²) in [5.41, 5.74) is 1.66. The Morgan fingerprint density at radius 2 is 1.64 bits per heavy atom. The van der Waals surface area contributed by atoms with Gasteiger partial charge in [-0.3, -0.25) is 4.79 Å². The zero-order valence-electron chi connectivity index (χ0n) is 20.8. The van der Waals surface area contributed by atoms with E-state index in [9.17, 15) is 9.18 Å². The molecule has 4 rings (SSSR count). The standard InChI is InChI=1S/C18H24N4O3.C8H8FNO/c1-23-14-11-13(12-15(24-2)17(14)25-3)20-18-19-8-7-16(21-18)22-9-5-4-6-10-22;9-8-3-1-7(2-4-8)5-10-6-11/h7-8,11-12H,4-6,9-10H2,1-3H3,(H,19,20,21);1-4,6H,5H2,(H,10,11). The van der Waals surface area contributed by atoms with Gasteiger partial charge in [0.2, 0.25) is 18.1 Å². The van der Waals surface area contributed by atoms with Crippen LogP contribution in [-0.2, 0) is 11.3 Å². The molecule has 0 bridgehead atoms. The number of nitrogens with zero attached hydrogens (tertiary/aromatic N) is 3. The fraction of sp³-hybridized carbons (Fsp3) is 0.346. The van der Waals surface area contributed by atoms with E-state index in [2.05, 4.69) is 25.5 Å². The van der Waals surface area contributed by atoms with Gasteiger partial charge in [-0.15, -0.1) is 0 Å². The molecule has 192 valence electrons. The van der Waals surface area contributed by atoms with Crippen molar-refractivity contribution < 1.29 is 23.4 Å². The van der Waals surface area contributed by atoms with Crippen LogP contribution in [0.15, 0.2) is 48.7 Å². The smallest absolute Gasteiger partial charge is 0.229 e. The highest BCUT2D eigenvalue weighted by Crippen LogP contribution is 2.40. The molecule has 2 heterocycles. The van der Waals surface area contributed by atoms with Crippen LogP contribution in [0.4, 0.5) is 21.8 Å². The first-order valence-corrected chi connectivity index (χ1v) is 11.6. The highest BCUT2D eigenvalue weighted by molar-refractivity contribution is 5.66. The van der Waals surface area contributed by atoms with Gasteiger partial charge < -0.3 is 29.7 Å². The van der Waals surface area contributed by atoms with Gasteiger partial charge in [0.05, 0.1) is 21.3 Å². The molecule has 9 nitrogen and oxygen atoms in total. The molecule has 10 heteroatoms. The number of piperidine rings is 1. The molecule has 2 N–H and O–H groups in total. The van der Waals surface area contributed by atoms with E-state index >= 15 is 0 Å². The maximum atomic E-state index is 12.3. The summed E-state index contributed by atoms with van der Waals surface area (Å²) >= 11 is 0. The summed E-state index contributed by atoms with van der Waals surface area (Å²) in [7, 11) is 4.77. The van der Waals surface area contributed by atoms with Crippen molar-refractivity contribution >= 4 is 23.9 Å². The van der Waals surface area contributed by atoms with Crippen LogP contribution in [-0.4, -0.2) is 50.8 Å². The lowest BCUT2D eigenvalue weighted by Gasteiger charge is -2.27. The summed E-state index contributed by atoms with van der Waals surface area (Å²) < 4.78 is 28.4. The van der Waals surface area contributed by atoms with Crippen LogP contribution >= 0.6 is 0 Å². The summed E-state index contributed by atoms with van der Waals surface area (Å²) in [6.45, 7) is 2.53. The lowest BCUT2D eigenvalue weighted by molar-refractivity contribution is -0.109. The number of nitrogens with one attached hydrogen (secondary N) is 2. The third-order valence-corrected chi connectivity index (χ3v) is 5.54. The van der Waals surface area contributed by atoms with Crippen LogP contribution in [0.3, 0.4) is 0 Å². The third-order valence-electron chi connectivity index (χ3n) is 5.54. The van der Waals surface area contributed by atoms with Crippen molar-refractivity contribution in [3.05, 3.63) is 60.0 Å². The molecule has 0 unspecified atom stereocenters. The van der Waals surface area contributed by atoms with Crippen molar-refractivity contribution in [2.75, 3.05) is 44.6 Å². The number of aromatic nitrogens is 2. The van der Waals surface area contributed by atoms with Crippen LogP contribution in [0.25, 0.3) is 0 Å². The number of rotatable bonds is 9. The van der Waals surface area contributed by atoms with E-state index in [1.165, 1.54) is 31.4 Å². The van der Waals surface area contributed by atoms with Crippen LogP contribution < -0.4 is 29.7 Å². The van der Waals surface area contributed by atoms with Crippen molar-refractivity contribution in [1.82, 2.24) is 15.3 Å². The SMILES string of the molecule is COc1cc(Nc2nccc(N3CCCCC3)n2)cc(OC)c1OC.O=CNCc1ccc(F)cc1. The molecule has 0 saturated carbocycles. The topological polar surface area (TPSA) is 97.8 Å². The fourth-order valence-electron chi connectivity index (χ4n) is 3.75. The molecule has 0 radical (unpaired) electrons. The van der Waals surface area contributed by atoms with E-state index in [-0.39, 0.29) is 5.82 Å². The van der Waals surface area contributed by atoms with Gasteiger partial charge in [0.25, 0.3) is 0 Å². The van der Waals surface area contributed by atoms with Crippen molar-refractivity contribution in [3.8, 4) is 17.2 Å². The van der Waals surface area contributed by atoms with Crippen LogP contribution in [0.2, 0.25) is 0 Å². The fourth-order valence-corrected chi connectivity index (χ4v) is 3.75. The molecule has 1 amide bonds. The number of methoxy groups -OCH3 is 3. The van der Waals surface area contributed by atoms with E-state index in [0.717, 1.165) is 30.2 Å². The molecule has 1 aliphatic rings. The number of hydrogen-bond acceptors (Lipinski definition) is 8. The molecule has 1 fully saturated rings. The van der Waals surface area contributed by atoms with Gasteiger partial charge in [0, 0.05) is 43.7 Å². The second-order valence-electron chi connectivity index (χ2n) is 7.95. The molecular weight excluding hydrogens is 465 g/mol. The summed E-state index contributed by atoms with van der Waals surface area (Å²) in [6.07, 6.45) is 6.10. The Labute approximate surface area is 210 Å². The first-order chi connectivity index (χ1) is 17.6. The van der Waals surface area contributed by atoms with E-state index in [4.69, 9.17) is 14.2 Å². The molecule has 1 aliphatic heterocycles. The average molecular weight is 498 g/mol. The zero-order chi connectivity index (χ0) is 25.8. The van der Waals surface area contributed by atoms with E-state index in [1.807, 2.05) is 18.2 Å². The molecular formula is C26H32FN5O4. The Hall–Kier alpha value is -4.08. The van der Waals surface area contributed by atoms with Crippen LogP contribution in [0, 0.1) is 5.82 Å². The highest BCUT2D eigenvalue weighted by atomic mass is 19.1. The Bertz CT molecular complexity index is 1080. The zero-order valence-corrected chi connectivity index (χ0v) is 20.8. The van der Waals surface area contributed by atoms with Crippen molar-refractivity contribution in [2.24, 2.45) is 0 Å². The second kappa shape index (κ2) is 13.7. The van der Waals surface area contributed by atoms with Crippen molar-refractivity contribution in [1.29, 1.82) is 0 Å². The predicted molar refractivity (Wildman–Crippen MR) is 137 cm³/mol. The number of hydrogen-bond donors (Lipinski definition) is 2. The van der Waals surface area contributed by atoms with Crippen molar-refractivity contribution in [3.63, 3.8) is 0 Å². The highest BCUT2D eigenvalue weighted by Gasteiger charge is 2.15. The molecule has 0 atom stereocenters. The summed E-state index contributed by atoms with van der Waals surface area (Å²) in [5.74, 6) is 2.94. The summed E-state index contributed by atoms with van der Waals surface area (Å²) in [6, 6.07) is 11.6. The quantitative estimate of drug-likeness (QED) is 0.422. The maximum Gasteiger partial charge on any atom is 0.229 e. The maximum absolute atomic E-state index is 12.3. The second-order valence-corrected chi connectivity index (χ2v) is 7.95. The number of anilines is 3. The van der Waals surface area contributed by atoms with Crippen LogP contribution in [0.5, 0.6) is 17.2 Å². The summed E-state index contributed by atoms with van der Waals surface area (Å²) in [5, 5.41) is 5.70. The monoisotopic (exact) mass is 497 g/mol. The Morgan fingerprint density at radius 3 is 2.22 bits per heavy atom. The number of ether oxygens (including phenoxy) is 3. The molecule has 1 saturated heterocycles. The average Bonchev–Trinajstić information content (AvgIpc) is 2.93. The van der Waals surface area contributed by atoms with Gasteiger partial charge in [0.15, 0.2) is 11.5 Å². The first kappa shape index (κ1) is 26.5. The molecule has 36 heavy (non-hydrogen) atoms. The Kier molecular flexibility index (Phi) is 10.1. The predicted octanol–water partition coefficient (Wildman–Crippen LogP) is 4.31. The van der Waals surface area contributed by atoms with E-state index < -0.39 is 0 Å². The number of amides is 1. The molecule has 2 aromatic carbocycles. The number of halogens is 1. The van der Waals surface area contributed by atoms with Gasteiger partial charge in [0.1, 0.15) is 11.6 Å². The van der Waals surface area contributed by atoms with Gasteiger partial charge >= 0.3 is 0 Å². The third kappa shape index (κ3) is 7.46. The minimum atomic E-state index is -0.264.